The van der Waals surface area contributed by atoms with Crippen molar-refractivity contribution < 1.29 is 19.1 Å². The van der Waals surface area contributed by atoms with Gasteiger partial charge in [-0.3, -0.25) is 9.59 Å². The maximum Gasteiger partial charge on any atom is 0.254 e. The van der Waals surface area contributed by atoms with Crippen molar-refractivity contribution in [1.29, 1.82) is 0 Å². The Morgan fingerprint density at radius 1 is 0.850 bits per heavy atom. The molecule has 40 heavy (non-hydrogen) atoms. The smallest absolute Gasteiger partial charge is 0.254 e. The maximum absolute atomic E-state index is 14.0. The monoisotopic (exact) mass is 536 g/mol. The second-order valence-electron chi connectivity index (χ2n) is 10.8. The van der Waals surface area contributed by atoms with Gasteiger partial charge in [0.1, 0.15) is 0 Å². The largest absolute Gasteiger partial charge is 0.493 e. The normalized spacial score (nSPS) is 18.7. The zero-order valence-corrected chi connectivity index (χ0v) is 24.0. The molecule has 206 valence electrons. The van der Waals surface area contributed by atoms with Gasteiger partial charge in [-0.15, -0.1) is 0 Å². The SMILES string of the molecule is COc1ccc([C@H]2CC(=O)C3=C(C2)NC(C)=C(C(=O)Nc2ccc(C)cc2)[C@H]3c2cc(C)ccc2C)cc1OC. The number of ether oxygens (including phenoxy) is 2. The highest BCUT2D eigenvalue weighted by Gasteiger charge is 2.41. The number of anilines is 1. The number of amides is 1. The highest BCUT2D eigenvalue weighted by Crippen LogP contribution is 2.47. The molecule has 2 N–H and O–H groups in total. The summed E-state index contributed by atoms with van der Waals surface area (Å²) >= 11 is 0. The van der Waals surface area contributed by atoms with Crippen LogP contribution in [0.15, 0.2) is 83.2 Å². The lowest BCUT2D eigenvalue weighted by atomic mass is 9.70. The van der Waals surface area contributed by atoms with E-state index in [4.69, 9.17) is 9.47 Å². The fourth-order valence-corrected chi connectivity index (χ4v) is 5.90. The molecule has 6 heteroatoms. The van der Waals surface area contributed by atoms with Crippen LogP contribution >= 0.6 is 0 Å². The second-order valence-corrected chi connectivity index (χ2v) is 10.8. The van der Waals surface area contributed by atoms with Gasteiger partial charge in [0.2, 0.25) is 0 Å². The molecule has 3 aromatic carbocycles. The fraction of sp³-hybridized carbons (Fsp3) is 0.294. The average molecular weight is 537 g/mol. The van der Waals surface area contributed by atoms with Crippen molar-refractivity contribution in [3.8, 4) is 11.5 Å². The molecule has 2 aliphatic rings. The number of carbonyl (C=O) groups is 2. The summed E-state index contributed by atoms with van der Waals surface area (Å²) in [6.07, 6.45) is 1.01. The van der Waals surface area contributed by atoms with E-state index < -0.39 is 5.92 Å². The first-order chi connectivity index (χ1) is 19.2. The lowest BCUT2D eigenvalue weighted by Gasteiger charge is -2.37. The van der Waals surface area contributed by atoms with Gasteiger partial charge in [0.25, 0.3) is 5.91 Å². The minimum absolute atomic E-state index is 0.0199. The summed E-state index contributed by atoms with van der Waals surface area (Å²) in [4.78, 5) is 27.9. The third-order valence-corrected chi connectivity index (χ3v) is 8.01. The van der Waals surface area contributed by atoms with E-state index in [9.17, 15) is 9.59 Å². The Kier molecular flexibility index (Phi) is 7.53. The van der Waals surface area contributed by atoms with E-state index in [-0.39, 0.29) is 17.6 Å². The third-order valence-electron chi connectivity index (χ3n) is 8.01. The Bertz CT molecular complexity index is 1550. The van der Waals surface area contributed by atoms with Gasteiger partial charge < -0.3 is 20.1 Å². The van der Waals surface area contributed by atoms with E-state index in [2.05, 4.69) is 28.8 Å². The average Bonchev–Trinajstić information content (AvgIpc) is 2.94. The molecule has 6 nitrogen and oxygen atoms in total. The van der Waals surface area contributed by atoms with E-state index >= 15 is 0 Å². The van der Waals surface area contributed by atoms with Gasteiger partial charge in [0.05, 0.1) is 14.2 Å². The van der Waals surface area contributed by atoms with Crippen LogP contribution in [0, 0.1) is 20.8 Å². The molecule has 1 aliphatic carbocycles. The van der Waals surface area contributed by atoms with Crippen molar-refractivity contribution >= 4 is 17.4 Å². The molecule has 0 fully saturated rings. The number of ketones is 1. The Labute approximate surface area is 236 Å². The highest BCUT2D eigenvalue weighted by atomic mass is 16.5. The van der Waals surface area contributed by atoms with E-state index in [1.807, 2.05) is 70.2 Å². The van der Waals surface area contributed by atoms with Gasteiger partial charge in [-0.05, 0) is 81.0 Å². The topological polar surface area (TPSA) is 76.7 Å². The molecule has 1 amide bonds. The van der Waals surface area contributed by atoms with Crippen LogP contribution in [-0.4, -0.2) is 25.9 Å². The molecule has 0 spiro atoms. The van der Waals surface area contributed by atoms with Crippen molar-refractivity contribution in [1.82, 2.24) is 5.32 Å². The summed E-state index contributed by atoms with van der Waals surface area (Å²) in [7, 11) is 3.23. The standard InChI is InChI=1S/C34H36N2O4/c1-19-8-12-25(13-9-19)36-34(38)31-22(4)35-27-16-24(23-11-14-29(39-5)30(18-23)40-6)17-28(37)33(27)32(31)26-15-20(2)7-10-21(26)3/h7-15,18,24,32,35H,16-17H2,1-6H3,(H,36,38)/t24-,32-/m1/s1. The molecule has 0 unspecified atom stereocenters. The number of Topliss-reactive ketones (excluding diaryl/α,β-unsaturated/α-hetero) is 1. The molecule has 1 heterocycles. The summed E-state index contributed by atoms with van der Waals surface area (Å²) in [5.74, 6) is 0.660. The number of methoxy groups -OCH3 is 2. The van der Waals surface area contributed by atoms with Gasteiger partial charge >= 0.3 is 0 Å². The van der Waals surface area contributed by atoms with Crippen LogP contribution < -0.4 is 20.1 Å². The van der Waals surface area contributed by atoms with Gasteiger partial charge in [0, 0.05) is 40.6 Å². The Hall–Kier alpha value is -4.32. The Balaban J connectivity index is 1.57. The van der Waals surface area contributed by atoms with Crippen LogP contribution in [0.4, 0.5) is 5.69 Å². The number of hydrogen-bond acceptors (Lipinski definition) is 5. The van der Waals surface area contributed by atoms with Crippen LogP contribution in [0.3, 0.4) is 0 Å². The van der Waals surface area contributed by atoms with Gasteiger partial charge in [-0.25, -0.2) is 0 Å². The quantitative estimate of drug-likeness (QED) is 0.370. The van der Waals surface area contributed by atoms with Crippen molar-refractivity contribution in [2.75, 3.05) is 19.5 Å². The number of allylic oxidation sites excluding steroid dienone is 3. The summed E-state index contributed by atoms with van der Waals surface area (Å²) in [5, 5.41) is 6.56. The van der Waals surface area contributed by atoms with Gasteiger partial charge in [-0.1, -0.05) is 47.5 Å². The van der Waals surface area contributed by atoms with E-state index in [0.29, 0.717) is 35.5 Å². The minimum Gasteiger partial charge on any atom is -0.493 e. The fourth-order valence-electron chi connectivity index (χ4n) is 5.90. The minimum atomic E-state index is -0.458. The predicted octanol–water partition coefficient (Wildman–Crippen LogP) is 6.63. The van der Waals surface area contributed by atoms with Crippen LogP contribution in [0.2, 0.25) is 0 Å². The molecule has 0 saturated heterocycles. The van der Waals surface area contributed by atoms with E-state index in [1.54, 1.807) is 14.2 Å². The van der Waals surface area contributed by atoms with Gasteiger partial charge in [0.15, 0.2) is 17.3 Å². The van der Waals surface area contributed by atoms with Crippen LogP contribution in [0.25, 0.3) is 0 Å². The number of hydrogen-bond donors (Lipinski definition) is 2. The lowest BCUT2D eigenvalue weighted by Crippen LogP contribution is -2.37. The molecule has 5 rings (SSSR count). The Morgan fingerprint density at radius 3 is 2.25 bits per heavy atom. The molecule has 3 aromatic rings. The lowest BCUT2D eigenvalue weighted by molar-refractivity contribution is -0.116. The van der Waals surface area contributed by atoms with Crippen molar-refractivity contribution in [2.24, 2.45) is 0 Å². The van der Waals surface area contributed by atoms with Crippen molar-refractivity contribution in [3.05, 3.63) is 111 Å². The number of benzene rings is 3. The van der Waals surface area contributed by atoms with Crippen LogP contribution in [-0.2, 0) is 9.59 Å². The third kappa shape index (κ3) is 5.14. The molecule has 0 bridgehead atoms. The molecular weight excluding hydrogens is 500 g/mol. The van der Waals surface area contributed by atoms with Crippen LogP contribution in [0.1, 0.15) is 59.4 Å². The van der Waals surface area contributed by atoms with E-state index in [1.165, 1.54) is 0 Å². The molecule has 0 saturated carbocycles. The zero-order chi connectivity index (χ0) is 28.6. The number of carbonyl (C=O) groups excluding carboxylic acids is 2. The summed E-state index contributed by atoms with van der Waals surface area (Å²) < 4.78 is 10.9. The van der Waals surface area contributed by atoms with E-state index in [0.717, 1.165) is 44.9 Å². The molecule has 1 aliphatic heterocycles. The summed E-state index contributed by atoms with van der Waals surface area (Å²) in [6, 6.07) is 19.8. The first-order valence-electron chi connectivity index (χ1n) is 13.6. The molecule has 2 atom stereocenters. The summed E-state index contributed by atoms with van der Waals surface area (Å²) in [6.45, 7) is 8.02. The molecule has 0 aromatic heterocycles. The van der Waals surface area contributed by atoms with Crippen molar-refractivity contribution in [2.45, 2.75) is 52.4 Å². The highest BCUT2D eigenvalue weighted by molar-refractivity contribution is 6.10. The second kappa shape index (κ2) is 11.0. The predicted molar refractivity (Wildman–Crippen MR) is 158 cm³/mol. The van der Waals surface area contributed by atoms with Crippen LogP contribution in [0.5, 0.6) is 11.5 Å². The van der Waals surface area contributed by atoms with Crippen molar-refractivity contribution in [3.63, 3.8) is 0 Å². The number of aryl methyl sites for hydroxylation is 3. The van der Waals surface area contributed by atoms with Gasteiger partial charge in [-0.2, -0.15) is 0 Å². The Morgan fingerprint density at radius 2 is 1.55 bits per heavy atom. The number of dihydropyridines is 1. The molecule has 0 radical (unpaired) electrons. The first kappa shape index (κ1) is 27.3. The zero-order valence-electron chi connectivity index (χ0n) is 24.0. The molecular formula is C34H36N2O4. The number of nitrogens with one attached hydrogen (secondary N) is 2. The summed E-state index contributed by atoms with van der Waals surface area (Å²) in [5.41, 5.74) is 8.88. The first-order valence-corrected chi connectivity index (χ1v) is 13.6. The number of rotatable bonds is 6. The maximum atomic E-state index is 14.0.